The first kappa shape index (κ1) is 22.1. The van der Waals surface area contributed by atoms with Crippen molar-refractivity contribution in [2.75, 3.05) is 12.4 Å². The molecule has 0 aliphatic heterocycles. The number of halogens is 1. The van der Waals surface area contributed by atoms with E-state index in [1.807, 2.05) is 6.07 Å². The van der Waals surface area contributed by atoms with Crippen molar-refractivity contribution in [2.45, 2.75) is 57.8 Å². The van der Waals surface area contributed by atoms with Gasteiger partial charge in [-0.2, -0.15) is 0 Å². The number of ketones is 1. The molecule has 3 aliphatic rings. The first-order valence-corrected chi connectivity index (χ1v) is 12.0. The second-order valence-electron chi connectivity index (χ2n) is 10.2. The number of fused-ring (bicyclic) bond motifs is 5. The minimum atomic E-state index is -0.315. The number of nitrogens with one attached hydrogen (secondary N) is 1. The van der Waals surface area contributed by atoms with Crippen molar-refractivity contribution in [3.05, 3.63) is 53.5 Å². The van der Waals surface area contributed by atoms with Crippen molar-refractivity contribution in [2.24, 2.45) is 23.2 Å². The Labute approximate surface area is 194 Å². The molecular formula is C27H31FN2O3. The summed E-state index contributed by atoms with van der Waals surface area (Å²) in [5, 5.41) is 2.85. The molecule has 5 nitrogen and oxygen atoms in total. The molecule has 0 spiro atoms. The van der Waals surface area contributed by atoms with Crippen LogP contribution in [0, 0.1) is 29.0 Å². The van der Waals surface area contributed by atoms with Gasteiger partial charge in [0.1, 0.15) is 23.2 Å². The number of carbonyl (C=O) groups is 2. The topological polar surface area (TPSA) is 68.3 Å². The van der Waals surface area contributed by atoms with Crippen LogP contribution in [0.1, 0.15) is 62.5 Å². The molecule has 3 unspecified atom stereocenters. The average molecular weight is 451 g/mol. The lowest BCUT2D eigenvalue weighted by Crippen LogP contribution is -2.44. The third kappa shape index (κ3) is 3.83. The molecule has 1 N–H and O–H groups in total. The number of ether oxygens (including phenoxy) is 1. The number of carbonyl (C=O) groups excluding carboxylic acids is 2. The molecule has 33 heavy (non-hydrogen) atoms. The number of hydrogen-bond donors (Lipinski definition) is 1. The summed E-state index contributed by atoms with van der Waals surface area (Å²) in [6.45, 7) is 2.14. The largest absolute Gasteiger partial charge is 0.495 e. The molecule has 5 atom stereocenters. The summed E-state index contributed by atoms with van der Waals surface area (Å²) in [6.07, 6.45) is 6.62. The van der Waals surface area contributed by atoms with Crippen LogP contribution in [-0.4, -0.2) is 23.8 Å². The van der Waals surface area contributed by atoms with Crippen LogP contribution in [-0.2, 0) is 16.0 Å². The van der Waals surface area contributed by atoms with Crippen molar-refractivity contribution in [3.8, 4) is 5.75 Å². The second-order valence-corrected chi connectivity index (χ2v) is 10.2. The van der Waals surface area contributed by atoms with Crippen molar-refractivity contribution < 1.29 is 18.7 Å². The lowest BCUT2D eigenvalue weighted by atomic mass is 9.54. The lowest BCUT2D eigenvalue weighted by molar-refractivity contribution is -0.129. The molecule has 1 amide bonds. The summed E-state index contributed by atoms with van der Waals surface area (Å²) in [6, 6.07) is 8.94. The number of benzene rings is 1. The van der Waals surface area contributed by atoms with Gasteiger partial charge in [0.25, 0.3) is 0 Å². The Morgan fingerprint density at radius 2 is 2.12 bits per heavy atom. The Bertz CT molecular complexity index is 1070. The fourth-order valence-corrected chi connectivity index (χ4v) is 7.00. The van der Waals surface area contributed by atoms with Gasteiger partial charge in [-0.05, 0) is 85.1 Å². The first-order valence-electron chi connectivity index (χ1n) is 12.0. The molecule has 3 aliphatic carbocycles. The number of methoxy groups -OCH3 is 1. The summed E-state index contributed by atoms with van der Waals surface area (Å²) >= 11 is 0. The Morgan fingerprint density at radius 1 is 1.27 bits per heavy atom. The zero-order valence-corrected chi connectivity index (χ0v) is 19.3. The standard InChI is InChI=1S/C27H31FN2O3/c1-27-13-12-19-18-4-3-5-22(28)20(18)8-9-21(19)26(27)16(14-23(27)31)6-11-25(32)30-24-10-7-17(33-2)15-29-24/h3-5,7,10,15-16,19,21,26H,6,8-9,11-14H2,1-2H3,(H,29,30,32)/t16-,19?,21?,26?,27-/m1/s1. The van der Waals surface area contributed by atoms with E-state index in [0.29, 0.717) is 48.4 Å². The quantitative estimate of drug-likeness (QED) is 0.671. The molecule has 6 heteroatoms. The molecule has 174 valence electrons. The van der Waals surface area contributed by atoms with Crippen LogP contribution in [0.5, 0.6) is 5.75 Å². The number of pyridine rings is 1. The zero-order valence-electron chi connectivity index (χ0n) is 19.3. The highest BCUT2D eigenvalue weighted by Gasteiger charge is 2.58. The van der Waals surface area contributed by atoms with E-state index in [-0.39, 0.29) is 29.0 Å². The van der Waals surface area contributed by atoms with Gasteiger partial charge in [-0.25, -0.2) is 9.37 Å². The van der Waals surface area contributed by atoms with Crippen LogP contribution in [0.15, 0.2) is 36.5 Å². The summed E-state index contributed by atoms with van der Waals surface area (Å²) in [5.74, 6) is 2.44. The highest BCUT2D eigenvalue weighted by molar-refractivity contribution is 5.90. The molecule has 2 saturated carbocycles. The maximum absolute atomic E-state index is 14.4. The zero-order chi connectivity index (χ0) is 23.2. The Morgan fingerprint density at radius 3 is 2.88 bits per heavy atom. The van der Waals surface area contributed by atoms with Crippen molar-refractivity contribution in [1.29, 1.82) is 0 Å². The molecule has 0 saturated heterocycles. The van der Waals surface area contributed by atoms with Crippen LogP contribution in [0.25, 0.3) is 0 Å². The SMILES string of the molecule is COc1ccc(NC(=O)CC[C@@H]2CC(=O)[C@@]3(C)CCC4c5cccc(F)c5CCC4C23)nc1. The van der Waals surface area contributed by atoms with Crippen molar-refractivity contribution >= 4 is 17.5 Å². The van der Waals surface area contributed by atoms with Crippen LogP contribution >= 0.6 is 0 Å². The fourth-order valence-electron chi connectivity index (χ4n) is 7.00. The molecule has 5 rings (SSSR count). The van der Waals surface area contributed by atoms with Gasteiger partial charge >= 0.3 is 0 Å². The van der Waals surface area contributed by atoms with E-state index < -0.39 is 0 Å². The fraction of sp³-hybridized carbons (Fsp3) is 0.519. The molecule has 2 aromatic rings. The van der Waals surface area contributed by atoms with E-state index >= 15 is 0 Å². The molecule has 1 aromatic carbocycles. The van der Waals surface area contributed by atoms with Crippen molar-refractivity contribution in [1.82, 2.24) is 4.98 Å². The molecular weight excluding hydrogens is 419 g/mol. The normalized spacial score (nSPS) is 30.2. The molecule has 1 aromatic heterocycles. The monoisotopic (exact) mass is 450 g/mol. The number of nitrogens with zero attached hydrogens (tertiary/aromatic N) is 1. The van der Waals surface area contributed by atoms with Gasteiger partial charge in [0.05, 0.1) is 13.3 Å². The summed E-state index contributed by atoms with van der Waals surface area (Å²) in [4.78, 5) is 29.9. The second kappa shape index (κ2) is 8.54. The van der Waals surface area contributed by atoms with Gasteiger partial charge in [-0.15, -0.1) is 0 Å². The van der Waals surface area contributed by atoms with Crippen LogP contribution < -0.4 is 10.1 Å². The summed E-state index contributed by atoms with van der Waals surface area (Å²) in [5.41, 5.74) is 1.70. The minimum absolute atomic E-state index is 0.0860. The van der Waals surface area contributed by atoms with Crippen LogP contribution in [0.2, 0.25) is 0 Å². The number of amides is 1. The summed E-state index contributed by atoms with van der Waals surface area (Å²) in [7, 11) is 1.57. The number of hydrogen-bond acceptors (Lipinski definition) is 4. The van der Waals surface area contributed by atoms with Gasteiger partial charge in [0.15, 0.2) is 0 Å². The maximum atomic E-state index is 14.4. The third-order valence-corrected chi connectivity index (χ3v) is 8.54. The van der Waals surface area contributed by atoms with E-state index in [0.717, 1.165) is 36.8 Å². The van der Waals surface area contributed by atoms with E-state index in [9.17, 15) is 14.0 Å². The minimum Gasteiger partial charge on any atom is -0.495 e. The predicted octanol–water partition coefficient (Wildman–Crippen LogP) is 5.30. The number of Topliss-reactive ketones (excluding diaryl/α,β-unsaturated/α-hetero) is 1. The molecule has 1 heterocycles. The van der Waals surface area contributed by atoms with Gasteiger partial charge in [0, 0.05) is 18.3 Å². The lowest BCUT2D eigenvalue weighted by Gasteiger charge is -2.50. The Hall–Kier alpha value is -2.76. The first-order chi connectivity index (χ1) is 15.9. The van der Waals surface area contributed by atoms with Crippen LogP contribution in [0.3, 0.4) is 0 Å². The molecule has 0 radical (unpaired) electrons. The van der Waals surface area contributed by atoms with Gasteiger partial charge in [0.2, 0.25) is 5.91 Å². The van der Waals surface area contributed by atoms with E-state index in [1.165, 1.54) is 0 Å². The van der Waals surface area contributed by atoms with E-state index in [4.69, 9.17) is 4.74 Å². The average Bonchev–Trinajstić information content (AvgIpc) is 3.08. The van der Waals surface area contributed by atoms with Gasteiger partial charge in [-0.3, -0.25) is 9.59 Å². The Kier molecular flexibility index (Phi) is 5.71. The van der Waals surface area contributed by atoms with Gasteiger partial charge < -0.3 is 10.1 Å². The number of anilines is 1. The molecule has 2 fully saturated rings. The highest BCUT2D eigenvalue weighted by Crippen LogP contribution is 2.62. The number of rotatable bonds is 5. The van der Waals surface area contributed by atoms with Crippen LogP contribution in [0.4, 0.5) is 10.2 Å². The number of aromatic nitrogens is 1. The van der Waals surface area contributed by atoms with E-state index in [2.05, 4.69) is 23.3 Å². The summed E-state index contributed by atoms with van der Waals surface area (Å²) < 4.78 is 19.5. The van der Waals surface area contributed by atoms with Crippen molar-refractivity contribution in [3.63, 3.8) is 0 Å². The highest BCUT2D eigenvalue weighted by atomic mass is 19.1. The predicted molar refractivity (Wildman–Crippen MR) is 124 cm³/mol. The molecule has 0 bridgehead atoms. The smallest absolute Gasteiger partial charge is 0.225 e. The van der Waals surface area contributed by atoms with E-state index in [1.54, 1.807) is 31.5 Å². The third-order valence-electron chi connectivity index (χ3n) is 8.54. The van der Waals surface area contributed by atoms with Gasteiger partial charge in [-0.1, -0.05) is 19.1 Å². The Balaban J connectivity index is 1.30. The maximum Gasteiger partial charge on any atom is 0.225 e.